The van der Waals surface area contributed by atoms with E-state index in [1.165, 1.54) is 12.5 Å². The zero-order valence-corrected chi connectivity index (χ0v) is 12.5. The van der Waals surface area contributed by atoms with Crippen molar-refractivity contribution in [3.8, 4) is 0 Å². The number of nitrogens with zero attached hydrogens (tertiary/aromatic N) is 1. The number of hydrogen-bond acceptors (Lipinski definition) is 2. The zero-order valence-electron chi connectivity index (χ0n) is 12.5. The Morgan fingerprint density at radius 2 is 2.10 bits per heavy atom. The molecule has 0 spiro atoms. The maximum atomic E-state index is 14.0. The summed E-state index contributed by atoms with van der Waals surface area (Å²) in [6.45, 7) is 8.11. The molecule has 2 nitrogen and oxygen atoms in total. The van der Waals surface area contributed by atoms with Gasteiger partial charge in [0.2, 0.25) is 0 Å². The van der Waals surface area contributed by atoms with Gasteiger partial charge in [0.05, 0.1) is 0 Å². The first-order valence-electron chi connectivity index (χ1n) is 7.42. The molecule has 0 aliphatic heterocycles. The van der Waals surface area contributed by atoms with Crippen molar-refractivity contribution >= 4 is 10.9 Å². The van der Waals surface area contributed by atoms with E-state index in [9.17, 15) is 4.39 Å². The fourth-order valence-corrected chi connectivity index (χ4v) is 2.27. The summed E-state index contributed by atoms with van der Waals surface area (Å²) < 4.78 is 14.0. The summed E-state index contributed by atoms with van der Waals surface area (Å²) in [5.41, 5.74) is 2.58. The Hall–Kier alpha value is -1.48. The molecule has 1 aromatic heterocycles. The van der Waals surface area contributed by atoms with Gasteiger partial charge in [-0.3, -0.25) is 0 Å². The lowest BCUT2D eigenvalue weighted by Gasteiger charge is -2.13. The molecule has 0 atom stereocenters. The highest BCUT2D eigenvalue weighted by Crippen LogP contribution is 2.24. The van der Waals surface area contributed by atoms with E-state index in [-0.39, 0.29) is 5.82 Å². The molecule has 0 aliphatic rings. The van der Waals surface area contributed by atoms with Crippen LogP contribution < -0.4 is 5.32 Å². The third-order valence-electron chi connectivity index (χ3n) is 3.51. The highest BCUT2D eigenvalue weighted by Gasteiger charge is 2.11. The smallest absolute Gasteiger partial charge is 0.149 e. The van der Waals surface area contributed by atoms with Gasteiger partial charge in [-0.1, -0.05) is 39.3 Å². The van der Waals surface area contributed by atoms with Gasteiger partial charge >= 0.3 is 0 Å². The molecule has 0 aliphatic carbocycles. The van der Waals surface area contributed by atoms with Crippen LogP contribution in [0.5, 0.6) is 0 Å². The molecule has 2 aromatic rings. The molecule has 1 heterocycles. The van der Waals surface area contributed by atoms with Crippen LogP contribution in [0, 0.1) is 5.82 Å². The Labute approximate surface area is 120 Å². The molecular formula is C17H23FN2. The van der Waals surface area contributed by atoms with E-state index in [0.29, 0.717) is 11.4 Å². The largest absolute Gasteiger partial charge is 0.313 e. The van der Waals surface area contributed by atoms with Crippen LogP contribution in [0.2, 0.25) is 0 Å². The molecular weight excluding hydrogens is 251 g/mol. The van der Waals surface area contributed by atoms with Crippen molar-refractivity contribution in [3.05, 3.63) is 41.3 Å². The molecule has 0 bridgehead atoms. The van der Waals surface area contributed by atoms with E-state index >= 15 is 0 Å². The van der Waals surface area contributed by atoms with Crippen LogP contribution in [0.4, 0.5) is 4.39 Å². The normalized spacial score (nSPS) is 11.4. The molecule has 2 rings (SSSR count). The second-order valence-electron chi connectivity index (χ2n) is 5.53. The van der Waals surface area contributed by atoms with Crippen molar-refractivity contribution in [1.29, 1.82) is 0 Å². The summed E-state index contributed by atoms with van der Waals surface area (Å²) in [5, 5.41) is 4.35. The lowest BCUT2D eigenvalue weighted by atomic mass is 10.0. The van der Waals surface area contributed by atoms with Gasteiger partial charge in [0.1, 0.15) is 11.3 Å². The van der Waals surface area contributed by atoms with E-state index in [1.807, 2.05) is 6.07 Å². The Kier molecular flexibility index (Phi) is 5.07. The predicted octanol–water partition coefficient (Wildman–Crippen LogP) is 4.39. The molecule has 0 fully saturated rings. The number of aromatic nitrogens is 1. The van der Waals surface area contributed by atoms with Crippen LogP contribution in [0.3, 0.4) is 0 Å². The molecule has 0 radical (unpaired) electrons. The monoisotopic (exact) mass is 274 g/mol. The Balaban J connectivity index is 2.37. The van der Waals surface area contributed by atoms with Gasteiger partial charge in [0.15, 0.2) is 0 Å². The molecule has 1 aromatic carbocycles. The van der Waals surface area contributed by atoms with Crippen LogP contribution in [-0.4, -0.2) is 11.5 Å². The number of nitrogens with one attached hydrogen (secondary N) is 1. The number of para-hydroxylation sites is 1. The topological polar surface area (TPSA) is 24.9 Å². The second kappa shape index (κ2) is 6.80. The summed E-state index contributed by atoms with van der Waals surface area (Å²) in [4.78, 5) is 4.48. The van der Waals surface area contributed by atoms with E-state index < -0.39 is 0 Å². The van der Waals surface area contributed by atoms with Gasteiger partial charge in [-0.2, -0.15) is 0 Å². The standard InChI is InChI=1S/C17H23FN2/c1-4-5-9-19-11-13-10-16(12(2)3)20-17-14(13)7-6-8-15(17)18/h6-8,10,12,19H,4-5,9,11H2,1-3H3. The van der Waals surface area contributed by atoms with Crippen molar-refractivity contribution in [2.24, 2.45) is 0 Å². The number of fused-ring (bicyclic) bond motifs is 1. The Morgan fingerprint density at radius 1 is 1.30 bits per heavy atom. The third kappa shape index (κ3) is 3.34. The van der Waals surface area contributed by atoms with E-state index in [2.05, 4.69) is 37.1 Å². The van der Waals surface area contributed by atoms with Crippen LogP contribution in [0.25, 0.3) is 10.9 Å². The first kappa shape index (κ1) is 14.9. The predicted molar refractivity (Wildman–Crippen MR) is 82.4 cm³/mol. The van der Waals surface area contributed by atoms with Crippen molar-refractivity contribution < 1.29 is 4.39 Å². The molecule has 3 heteroatoms. The molecule has 0 saturated carbocycles. The van der Waals surface area contributed by atoms with Crippen molar-refractivity contribution in [2.45, 2.75) is 46.1 Å². The summed E-state index contributed by atoms with van der Waals surface area (Å²) in [7, 11) is 0. The van der Waals surface area contributed by atoms with Gasteiger partial charge in [0, 0.05) is 17.6 Å². The highest BCUT2D eigenvalue weighted by molar-refractivity contribution is 5.83. The lowest BCUT2D eigenvalue weighted by Crippen LogP contribution is -2.15. The van der Waals surface area contributed by atoms with Gasteiger partial charge in [-0.15, -0.1) is 0 Å². The molecule has 108 valence electrons. The zero-order chi connectivity index (χ0) is 14.5. The van der Waals surface area contributed by atoms with Crippen molar-refractivity contribution in [3.63, 3.8) is 0 Å². The number of unbranched alkanes of at least 4 members (excludes halogenated alkanes) is 1. The number of hydrogen-bond donors (Lipinski definition) is 1. The van der Waals surface area contributed by atoms with Crippen LogP contribution in [-0.2, 0) is 6.54 Å². The van der Waals surface area contributed by atoms with E-state index in [1.54, 1.807) is 6.07 Å². The molecule has 1 N–H and O–H groups in total. The second-order valence-corrected chi connectivity index (χ2v) is 5.53. The highest BCUT2D eigenvalue weighted by atomic mass is 19.1. The number of halogens is 1. The summed E-state index contributed by atoms with van der Waals surface area (Å²) >= 11 is 0. The van der Waals surface area contributed by atoms with E-state index in [0.717, 1.165) is 36.2 Å². The van der Waals surface area contributed by atoms with Crippen LogP contribution in [0.15, 0.2) is 24.3 Å². The maximum Gasteiger partial charge on any atom is 0.149 e. The Morgan fingerprint density at radius 3 is 2.80 bits per heavy atom. The van der Waals surface area contributed by atoms with Crippen LogP contribution >= 0.6 is 0 Å². The van der Waals surface area contributed by atoms with Crippen molar-refractivity contribution in [1.82, 2.24) is 10.3 Å². The van der Waals surface area contributed by atoms with Gasteiger partial charge < -0.3 is 5.32 Å². The number of rotatable bonds is 6. The van der Waals surface area contributed by atoms with E-state index in [4.69, 9.17) is 0 Å². The summed E-state index contributed by atoms with van der Waals surface area (Å²) in [6.07, 6.45) is 2.34. The quantitative estimate of drug-likeness (QED) is 0.790. The van der Waals surface area contributed by atoms with Crippen molar-refractivity contribution in [2.75, 3.05) is 6.54 Å². The average molecular weight is 274 g/mol. The minimum absolute atomic E-state index is 0.236. The summed E-state index contributed by atoms with van der Waals surface area (Å²) in [5.74, 6) is 0.0632. The van der Waals surface area contributed by atoms with Crippen LogP contribution in [0.1, 0.15) is 50.8 Å². The number of pyridine rings is 1. The molecule has 0 unspecified atom stereocenters. The van der Waals surface area contributed by atoms with Gasteiger partial charge in [-0.25, -0.2) is 9.37 Å². The Bertz CT molecular complexity index is 578. The lowest BCUT2D eigenvalue weighted by molar-refractivity contribution is 0.632. The fraction of sp³-hybridized carbons (Fsp3) is 0.471. The minimum Gasteiger partial charge on any atom is -0.313 e. The maximum absolute atomic E-state index is 14.0. The fourth-order valence-electron chi connectivity index (χ4n) is 2.27. The molecule has 20 heavy (non-hydrogen) atoms. The van der Waals surface area contributed by atoms with Gasteiger partial charge in [-0.05, 0) is 36.6 Å². The SMILES string of the molecule is CCCCNCc1cc(C(C)C)nc2c(F)cccc12. The van der Waals surface area contributed by atoms with Gasteiger partial charge in [0.25, 0.3) is 0 Å². The minimum atomic E-state index is -0.236. The molecule has 0 saturated heterocycles. The average Bonchev–Trinajstić information content (AvgIpc) is 2.44. The first-order valence-corrected chi connectivity index (χ1v) is 7.42. The number of benzene rings is 1. The third-order valence-corrected chi connectivity index (χ3v) is 3.51. The first-order chi connectivity index (χ1) is 9.63. The summed E-state index contributed by atoms with van der Waals surface area (Å²) in [6, 6.07) is 7.29. The molecule has 0 amide bonds.